The number of nitrogens with zero attached hydrogens (tertiary/aromatic N) is 1. The third-order valence-electron chi connectivity index (χ3n) is 3.77. The van der Waals surface area contributed by atoms with E-state index in [0.717, 1.165) is 32.5 Å². The molecule has 3 nitrogen and oxygen atoms in total. The fourth-order valence-corrected chi connectivity index (χ4v) is 2.73. The highest BCUT2D eigenvalue weighted by atomic mass is 16.2. The molecule has 2 aliphatic rings. The van der Waals surface area contributed by atoms with Crippen molar-refractivity contribution in [2.75, 3.05) is 19.6 Å². The Morgan fingerprint density at radius 1 is 1.20 bits per heavy atom. The molecule has 2 rings (SSSR count). The Kier molecular flexibility index (Phi) is 3.62. The summed E-state index contributed by atoms with van der Waals surface area (Å²) in [7, 11) is 0. The molecule has 15 heavy (non-hydrogen) atoms. The number of hydrogen-bond acceptors (Lipinski definition) is 2. The third-order valence-corrected chi connectivity index (χ3v) is 3.77. The highest BCUT2D eigenvalue weighted by molar-refractivity contribution is 5.79. The van der Waals surface area contributed by atoms with Crippen molar-refractivity contribution >= 4 is 5.91 Å². The molecule has 0 aromatic rings. The van der Waals surface area contributed by atoms with E-state index in [1.165, 1.54) is 19.3 Å². The van der Waals surface area contributed by atoms with Crippen molar-refractivity contribution < 1.29 is 4.79 Å². The summed E-state index contributed by atoms with van der Waals surface area (Å²) in [4.78, 5) is 14.4. The zero-order chi connectivity index (χ0) is 10.7. The minimum atomic E-state index is 0.298. The molecular weight excluding hydrogens is 188 g/mol. The van der Waals surface area contributed by atoms with Gasteiger partial charge in [-0.1, -0.05) is 0 Å². The van der Waals surface area contributed by atoms with E-state index in [1.807, 2.05) is 0 Å². The van der Waals surface area contributed by atoms with Gasteiger partial charge in [-0.05, 0) is 52.1 Å². The van der Waals surface area contributed by atoms with Crippen molar-refractivity contribution in [3.63, 3.8) is 0 Å². The molecule has 1 amide bonds. The summed E-state index contributed by atoms with van der Waals surface area (Å²) < 4.78 is 0. The van der Waals surface area contributed by atoms with Crippen molar-refractivity contribution in [3.8, 4) is 0 Å². The molecule has 2 saturated heterocycles. The average Bonchev–Trinajstić information content (AvgIpc) is 2.30. The number of amides is 1. The molecule has 1 N–H and O–H groups in total. The van der Waals surface area contributed by atoms with E-state index < -0.39 is 0 Å². The maximum absolute atomic E-state index is 12.3. The second kappa shape index (κ2) is 4.97. The van der Waals surface area contributed by atoms with Crippen molar-refractivity contribution in [1.29, 1.82) is 0 Å². The Morgan fingerprint density at radius 2 is 1.93 bits per heavy atom. The monoisotopic (exact) mass is 210 g/mol. The molecule has 1 unspecified atom stereocenters. The second-order valence-corrected chi connectivity index (χ2v) is 4.90. The van der Waals surface area contributed by atoms with E-state index in [-0.39, 0.29) is 0 Å². The number of likely N-dealkylation sites (tertiary alicyclic amines) is 1. The molecule has 0 radical (unpaired) electrons. The van der Waals surface area contributed by atoms with Crippen LogP contribution in [0.15, 0.2) is 0 Å². The van der Waals surface area contributed by atoms with E-state index in [0.29, 0.717) is 17.9 Å². The van der Waals surface area contributed by atoms with Crippen LogP contribution >= 0.6 is 0 Å². The van der Waals surface area contributed by atoms with Crippen LogP contribution in [0.4, 0.5) is 0 Å². The van der Waals surface area contributed by atoms with Crippen LogP contribution in [0.5, 0.6) is 0 Å². The molecule has 86 valence electrons. The van der Waals surface area contributed by atoms with Crippen molar-refractivity contribution in [3.05, 3.63) is 0 Å². The largest absolute Gasteiger partial charge is 0.340 e. The number of nitrogens with one attached hydrogen (secondary N) is 1. The Labute approximate surface area is 92.2 Å². The lowest BCUT2D eigenvalue weighted by Crippen LogP contribution is -2.47. The van der Waals surface area contributed by atoms with E-state index in [2.05, 4.69) is 17.1 Å². The van der Waals surface area contributed by atoms with Gasteiger partial charge < -0.3 is 10.2 Å². The van der Waals surface area contributed by atoms with E-state index in [1.54, 1.807) is 0 Å². The Morgan fingerprint density at radius 3 is 2.60 bits per heavy atom. The summed E-state index contributed by atoms with van der Waals surface area (Å²) in [6, 6.07) is 0.473. The molecule has 0 bridgehead atoms. The molecule has 3 heteroatoms. The SMILES string of the molecule is CC1CCCCN1C(=O)C1CCNCC1. The van der Waals surface area contributed by atoms with Gasteiger partial charge >= 0.3 is 0 Å². The van der Waals surface area contributed by atoms with Gasteiger partial charge in [-0.15, -0.1) is 0 Å². The number of carbonyl (C=O) groups is 1. The second-order valence-electron chi connectivity index (χ2n) is 4.90. The van der Waals surface area contributed by atoms with Gasteiger partial charge in [0, 0.05) is 18.5 Å². The van der Waals surface area contributed by atoms with E-state index >= 15 is 0 Å². The first kappa shape index (κ1) is 10.9. The van der Waals surface area contributed by atoms with Crippen molar-refractivity contribution in [1.82, 2.24) is 10.2 Å². The number of carbonyl (C=O) groups excluding carboxylic acids is 1. The molecule has 0 aliphatic carbocycles. The highest BCUT2D eigenvalue weighted by Crippen LogP contribution is 2.22. The van der Waals surface area contributed by atoms with Gasteiger partial charge in [0.2, 0.25) is 5.91 Å². The van der Waals surface area contributed by atoms with Gasteiger partial charge in [-0.2, -0.15) is 0 Å². The van der Waals surface area contributed by atoms with Crippen molar-refractivity contribution in [2.45, 2.75) is 45.1 Å². The molecule has 0 aromatic heterocycles. The van der Waals surface area contributed by atoms with Crippen LogP contribution in [0.25, 0.3) is 0 Å². The first-order valence-corrected chi connectivity index (χ1v) is 6.30. The van der Waals surface area contributed by atoms with Crippen LogP contribution in [-0.4, -0.2) is 36.5 Å². The predicted octanol–water partition coefficient (Wildman–Crippen LogP) is 1.39. The van der Waals surface area contributed by atoms with Crippen LogP contribution in [0.3, 0.4) is 0 Å². The van der Waals surface area contributed by atoms with Crippen molar-refractivity contribution in [2.24, 2.45) is 5.92 Å². The summed E-state index contributed by atoms with van der Waals surface area (Å²) >= 11 is 0. The number of piperidine rings is 2. The summed E-state index contributed by atoms with van der Waals surface area (Å²) in [6.45, 7) is 5.21. The minimum absolute atomic E-state index is 0.298. The average molecular weight is 210 g/mol. The van der Waals surface area contributed by atoms with Gasteiger partial charge in [0.25, 0.3) is 0 Å². The van der Waals surface area contributed by atoms with E-state index in [4.69, 9.17) is 0 Å². The van der Waals surface area contributed by atoms with E-state index in [9.17, 15) is 4.79 Å². The summed E-state index contributed by atoms with van der Waals surface area (Å²) in [5.41, 5.74) is 0. The van der Waals surface area contributed by atoms with Crippen LogP contribution < -0.4 is 5.32 Å². The molecule has 2 fully saturated rings. The van der Waals surface area contributed by atoms with Crippen LogP contribution in [0, 0.1) is 5.92 Å². The lowest BCUT2D eigenvalue weighted by molar-refractivity contribution is -0.139. The third kappa shape index (κ3) is 2.51. The molecule has 0 aromatic carbocycles. The maximum atomic E-state index is 12.3. The predicted molar refractivity (Wildman–Crippen MR) is 60.6 cm³/mol. The minimum Gasteiger partial charge on any atom is -0.340 e. The molecule has 0 spiro atoms. The molecular formula is C12H22N2O. The van der Waals surface area contributed by atoms with Crippen LogP contribution in [0.1, 0.15) is 39.0 Å². The Bertz CT molecular complexity index is 224. The van der Waals surface area contributed by atoms with Gasteiger partial charge in [0.15, 0.2) is 0 Å². The molecule has 2 aliphatic heterocycles. The lowest BCUT2D eigenvalue weighted by Gasteiger charge is -2.37. The zero-order valence-electron chi connectivity index (χ0n) is 9.67. The molecule has 1 atom stereocenters. The summed E-state index contributed by atoms with van der Waals surface area (Å²) in [6.07, 6.45) is 5.74. The van der Waals surface area contributed by atoms with Gasteiger partial charge in [-0.25, -0.2) is 0 Å². The number of hydrogen-bond donors (Lipinski definition) is 1. The smallest absolute Gasteiger partial charge is 0.226 e. The maximum Gasteiger partial charge on any atom is 0.226 e. The Balaban J connectivity index is 1.92. The molecule has 0 saturated carbocycles. The van der Waals surface area contributed by atoms with Crippen LogP contribution in [0.2, 0.25) is 0 Å². The zero-order valence-corrected chi connectivity index (χ0v) is 9.67. The first-order chi connectivity index (χ1) is 7.29. The Hall–Kier alpha value is -0.570. The first-order valence-electron chi connectivity index (χ1n) is 6.30. The highest BCUT2D eigenvalue weighted by Gasteiger charge is 2.29. The topological polar surface area (TPSA) is 32.3 Å². The normalized spacial score (nSPS) is 29.1. The fourth-order valence-electron chi connectivity index (χ4n) is 2.73. The molecule has 2 heterocycles. The standard InChI is InChI=1S/C12H22N2O/c1-10-4-2-3-9-14(10)12(15)11-5-7-13-8-6-11/h10-11,13H,2-9H2,1H3. The lowest BCUT2D eigenvalue weighted by atomic mass is 9.94. The van der Waals surface area contributed by atoms with Gasteiger partial charge in [-0.3, -0.25) is 4.79 Å². The van der Waals surface area contributed by atoms with Crippen LogP contribution in [-0.2, 0) is 4.79 Å². The fraction of sp³-hybridized carbons (Fsp3) is 0.917. The quantitative estimate of drug-likeness (QED) is 0.709. The summed E-state index contributed by atoms with van der Waals surface area (Å²) in [5, 5.41) is 3.31. The van der Waals surface area contributed by atoms with Gasteiger partial charge in [0.1, 0.15) is 0 Å². The van der Waals surface area contributed by atoms with Gasteiger partial charge in [0.05, 0.1) is 0 Å². The number of rotatable bonds is 1. The summed E-state index contributed by atoms with van der Waals surface area (Å²) in [5.74, 6) is 0.718.